The van der Waals surface area contributed by atoms with Gasteiger partial charge in [0.15, 0.2) is 17.4 Å². The van der Waals surface area contributed by atoms with E-state index in [-0.39, 0.29) is 17.6 Å². The van der Waals surface area contributed by atoms with Crippen molar-refractivity contribution in [3.8, 4) is 5.82 Å². The zero-order valence-corrected chi connectivity index (χ0v) is 19.2. The van der Waals surface area contributed by atoms with Gasteiger partial charge in [-0.1, -0.05) is 0 Å². The fourth-order valence-electron chi connectivity index (χ4n) is 4.67. The first-order valence-corrected chi connectivity index (χ1v) is 11.7. The third kappa shape index (κ3) is 4.61. The Morgan fingerprint density at radius 1 is 0.882 bits per heavy atom. The van der Waals surface area contributed by atoms with Crippen LogP contribution in [0.2, 0.25) is 0 Å². The van der Waals surface area contributed by atoms with Gasteiger partial charge < -0.3 is 14.7 Å². The molecule has 10 heteroatoms. The van der Waals surface area contributed by atoms with Crippen molar-refractivity contribution >= 4 is 23.2 Å². The second-order valence-corrected chi connectivity index (χ2v) is 8.79. The molecule has 176 valence electrons. The van der Waals surface area contributed by atoms with Gasteiger partial charge in [0, 0.05) is 50.5 Å². The number of Topliss-reactive ketones (excluding diaryl/α,β-unsaturated/α-hetero) is 1. The van der Waals surface area contributed by atoms with Gasteiger partial charge in [-0.2, -0.15) is 5.10 Å². The Balaban J connectivity index is 1.17. The number of aromatic nitrogens is 5. The molecule has 0 N–H and O–H groups in total. The molecule has 5 rings (SSSR count). The Morgan fingerprint density at radius 2 is 1.62 bits per heavy atom. The van der Waals surface area contributed by atoms with E-state index in [1.165, 1.54) is 6.33 Å². The number of anilines is 2. The third-order valence-corrected chi connectivity index (χ3v) is 6.61. The van der Waals surface area contributed by atoms with Gasteiger partial charge in [-0.25, -0.2) is 9.67 Å². The highest BCUT2D eigenvalue weighted by atomic mass is 16.2. The van der Waals surface area contributed by atoms with Crippen LogP contribution in [0.15, 0.2) is 49.1 Å². The molecule has 0 saturated carbocycles. The molecule has 4 heterocycles. The van der Waals surface area contributed by atoms with E-state index in [1.54, 1.807) is 17.9 Å². The molecule has 10 nitrogen and oxygen atoms in total. The summed E-state index contributed by atoms with van der Waals surface area (Å²) in [5.74, 6) is 1.65. The van der Waals surface area contributed by atoms with Crippen LogP contribution in [-0.4, -0.2) is 80.8 Å². The van der Waals surface area contributed by atoms with Crippen LogP contribution in [0.4, 0.5) is 11.5 Å². The number of nitrogens with zero attached hydrogens (tertiary/aromatic N) is 8. The number of rotatable bonds is 5. The minimum absolute atomic E-state index is 0.0352. The fraction of sp³-hybridized carbons (Fsp3) is 0.417. The third-order valence-electron chi connectivity index (χ3n) is 6.61. The lowest BCUT2D eigenvalue weighted by Crippen LogP contribution is -2.52. The summed E-state index contributed by atoms with van der Waals surface area (Å²) in [5, 5.41) is 12.7. The Bertz CT molecular complexity index is 1120. The van der Waals surface area contributed by atoms with Gasteiger partial charge in [0.1, 0.15) is 12.7 Å². The molecule has 2 aromatic heterocycles. The predicted molar refractivity (Wildman–Crippen MR) is 127 cm³/mol. The quantitative estimate of drug-likeness (QED) is 0.532. The minimum atomic E-state index is -0.0352. The highest BCUT2D eigenvalue weighted by Gasteiger charge is 2.31. The molecule has 3 aromatic rings. The Morgan fingerprint density at radius 3 is 2.26 bits per heavy atom. The van der Waals surface area contributed by atoms with Crippen LogP contribution in [0, 0.1) is 5.92 Å². The topological polar surface area (TPSA) is 100 Å². The van der Waals surface area contributed by atoms with Crippen molar-refractivity contribution in [2.75, 3.05) is 49.1 Å². The smallest absolute Gasteiger partial charge is 0.227 e. The summed E-state index contributed by atoms with van der Waals surface area (Å²) >= 11 is 0. The lowest BCUT2D eigenvalue weighted by Gasteiger charge is -2.40. The molecule has 1 amide bonds. The summed E-state index contributed by atoms with van der Waals surface area (Å²) in [6, 6.07) is 11.5. The fourth-order valence-corrected chi connectivity index (χ4v) is 4.67. The van der Waals surface area contributed by atoms with Crippen LogP contribution in [-0.2, 0) is 4.79 Å². The molecule has 34 heavy (non-hydrogen) atoms. The van der Waals surface area contributed by atoms with Crippen molar-refractivity contribution < 1.29 is 9.59 Å². The molecule has 2 saturated heterocycles. The molecule has 2 aliphatic heterocycles. The average Bonchev–Trinajstić information content (AvgIpc) is 3.44. The summed E-state index contributed by atoms with van der Waals surface area (Å²) in [7, 11) is 0. The maximum Gasteiger partial charge on any atom is 0.227 e. The highest BCUT2D eigenvalue weighted by Crippen LogP contribution is 2.24. The molecule has 1 unspecified atom stereocenters. The van der Waals surface area contributed by atoms with E-state index in [0.717, 1.165) is 49.5 Å². The van der Waals surface area contributed by atoms with Gasteiger partial charge in [0.2, 0.25) is 5.91 Å². The van der Waals surface area contributed by atoms with E-state index in [9.17, 15) is 9.59 Å². The first-order chi connectivity index (χ1) is 16.6. The summed E-state index contributed by atoms with van der Waals surface area (Å²) in [6.45, 7) is 6.08. The molecule has 0 bridgehead atoms. The van der Waals surface area contributed by atoms with Crippen molar-refractivity contribution in [1.82, 2.24) is 29.9 Å². The normalized spacial score (nSPS) is 18.7. The molecule has 0 spiro atoms. The number of hydrogen-bond acceptors (Lipinski definition) is 8. The lowest BCUT2D eigenvalue weighted by molar-refractivity contribution is -0.136. The molecule has 1 aromatic carbocycles. The van der Waals surface area contributed by atoms with Gasteiger partial charge in [-0.3, -0.25) is 9.59 Å². The highest BCUT2D eigenvalue weighted by molar-refractivity contribution is 5.94. The minimum Gasteiger partial charge on any atom is -0.368 e. The van der Waals surface area contributed by atoms with E-state index in [2.05, 4.69) is 30.1 Å². The van der Waals surface area contributed by atoms with Crippen LogP contribution >= 0.6 is 0 Å². The number of benzene rings is 1. The number of hydrogen-bond donors (Lipinski definition) is 0. The van der Waals surface area contributed by atoms with Crippen molar-refractivity contribution in [3.05, 3.63) is 54.6 Å². The number of ketones is 1. The first kappa shape index (κ1) is 22.0. The Kier molecular flexibility index (Phi) is 6.20. The van der Waals surface area contributed by atoms with Gasteiger partial charge in [0.25, 0.3) is 0 Å². The van der Waals surface area contributed by atoms with E-state index in [4.69, 9.17) is 0 Å². The van der Waals surface area contributed by atoms with Crippen molar-refractivity contribution in [3.63, 3.8) is 0 Å². The van der Waals surface area contributed by atoms with Crippen LogP contribution < -0.4 is 9.80 Å². The number of carbonyl (C=O) groups is 2. The standard InChI is InChI=1S/C24H28N8O2/c1-18(33)19-4-6-21(7-5-19)29-11-13-30(14-12-29)24(34)20-3-2-10-31(15-20)22-8-9-23(28-27-22)32-17-25-16-26-32/h4-9,16-17,20H,2-3,10-15H2,1H3. The summed E-state index contributed by atoms with van der Waals surface area (Å²) in [4.78, 5) is 35.1. The van der Waals surface area contributed by atoms with Gasteiger partial charge >= 0.3 is 0 Å². The maximum absolute atomic E-state index is 13.3. The molecule has 2 fully saturated rings. The summed E-state index contributed by atoms with van der Waals surface area (Å²) < 4.78 is 1.57. The lowest BCUT2D eigenvalue weighted by atomic mass is 9.96. The molecule has 2 aliphatic rings. The first-order valence-electron chi connectivity index (χ1n) is 11.7. The zero-order valence-electron chi connectivity index (χ0n) is 19.2. The molecular formula is C24H28N8O2. The van der Waals surface area contributed by atoms with Crippen LogP contribution in [0.3, 0.4) is 0 Å². The van der Waals surface area contributed by atoms with Crippen molar-refractivity contribution in [1.29, 1.82) is 0 Å². The molecule has 0 aliphatic carbocycles. The monoisotopic (exact) mass is 460 g/mol. The van der Waals surface area contributed by atoms with Crippen molar-refractivity contribution in [2.24, 2.45) is 5.92 Å². The van der Waals surface area contributed by atoms with Gasteiger partial charge in [-0.05, 0) is 56.2 Å². The number of piperazine rings is 1. The molecule has 0 radical (unpaired) electrons. The predicted octanol–water partition coefficient (Wildman–Crippen LogP) is 1.83. The largest absolute Gasteiger partial charge is 0.368 e. The summed E-state index contributed by atoms with van der Waals surface area (Å²) in [5.41, 5.74) is 1.81. The second-order valence-electron chi connectivity index (χ2n) is 8.79. The van der Waals surface area contributed by atoms with E-state index in [1.807, 2.05) is 41.3 Å². The number of amides is 1. The Hall–Kier alpha value is -3.82. The van der Waals surface area contributed by atoms with E-state index >= 15 is 0 Å². The summed E-state index contributed by atoms with van der Waals surface area (Å²) in [6.07, 6.45) is 4.89. The number of piperidine rings is 1. The molecule has 1 atom stereocenters. The van der Waals surface area contributed by atoms with Crippen LogP contribution in [0.25, 0.3) is 5.82 Å². The van der Waals surface area contributed by atoms with E-state index in [0.29, 0.717) is 25.5 Å². The molecular weight excluding hydrogens is 432 g/mol. The Labute approximate surface area is 198 Å². The SMILES string of the molecule is CC(=O)c1ccc(N2CCN(C(=O)C3CCCN(c4ccc(-n5cncn5)nn4)C3)CC2)cc1. The van der Waals surface area contributed by atoms with E-state index < -0.39 is 0 Å². The maximum atomic E-state index is 13.3. The van der Waals surface area contributed by atoms with Gasteiger partial charge in [0.05, 0.1) is 5.92 Å². The van der Waals surface area contributed by atoms with Crippen LogP contribution in [0.1, 0.15) is 30.1 Å². The zero-order chi connectivity index (χ0) is 23.5. The second kappa shape index (κ2) is 9.58. The van der Waals surface area contributed by atoms with Gasteiger partial charge in [-0.15, -0.1) is 10.2 Å². The average molecular weight is 461 g/mol. The number of carbonyl (C=O) groups excluding carboxylic acids is 2. The van der Waals surface area contributed by atoms with Crippen LogP contribution in [0.5, 0.6) is 0 Å². The van der Waals surface area contributed by atoms with Crippen molar-refractivity contribution in [2.45, 2.75) is 19.8 Å².